The van der Waals surface area contributed by atoms with Crippen molar-refractivity contribution in [2.45, 2.75) is 6.42 Å². The van der Waals surface area contributed by atoms with Crippen molar-refractivity contribution in [2.75, 3.05) is 17.2 Å². The Hall–Kier alpha value is -3.69. The van der Waals surface area contributed by atoms with Gasteiger partial charge in [-0.25, -0.2) is 9.78 Å². The van der Waals surface area contributed by atoms with Crippen LogP contribution in [0.3, 0.4) is 0 Å². The molecule has 0 radical (unpaired) electrons. The van der Waals surface area contributed by atoms with Gasteiger partial charge in [0.1, 0.15) is 0 Å². The SMILES string of the molecule is NC(=O)CCNC(=O)Nc1cccc(NC(=O)c2ncc[nH]c2=O)c1. The van der Waals surface area contributed by atoms with E-state index in [1.54, 1.807) is 18.2 Å². The van der Waals surface area contributed by atoms with Gasteiger partial charge in [-0.1, -0.05) is 6.07 Å². The van der Waals surface area contributed by atoms with E-state index in [0.717, 1.165) is 0 Å². The molecule has 2 rings (SSSR count). The van der Waals surface area contributed by atoms with Gasteiger partial charge in [0.15, 0.2) is 5.69 Å². The maximum Gasteiger partial charge on any atom is 0.319 e. The fraction of sp³-hybridized carbons (Fsp3) is 0.133. The van der Waals surface area contributed by atoms with E-state index < -0.39 is 23.4 Å². The minimum absolute atomic E-state index is 0.0299. The number of hydrogen-bond acceptors (Lipinski definition) is 5. The number of primary amides is 1. The van der Waals surface area contributed by atoms with Crippen LogP contribution in [0.4, 0.5) is 16.2 Å². The van der Waals surface area contributed by atoms with E-state index in [2.05, 4.69) is 25.9 Å². The zero-order valence-electron chi connectivity index (χ0n) is 13.0. The van der Waals surface area contributed by atoms with Gasteiger partial charge < -0.3 is 26.7 Å². The summed E-state index contributed by atoms with van der Waals surface area (Å²) in [5, 5.41) is 7.52. The Morgan fingerprint density at radius 1 is 1.16 bits per heavy atom. The lowest BCUT2D eigenvalue weighted by Gasteiger charge is -2.09. The van der Waals surface area contributed by atoms with Crippen LogP contribution in [0.15, 0.2) is 41.5 Å². The van der Waals surface area contributed by atoms with Crippen LogP contribution in [0.2, 0.25) is 0 Å². The van der Waals surface area contributed by atoms with Crippen LogP contribution >= 0.6 is 0 Å². The van der Waals surface area contributed by atoms with Gasteiger partial charge in [0.25, 0.3) is 11.5 Å². The molecular weight excluding hydrogens is 328 g/mol. The van der Waals surface area contributed by atoms with Gasteiger partial charge in [0.2, 0.25) is 5.91 Å². The number of nitrogens with zero attached hydrogens (tertiary/aromatic N) is 1. The molecule has 0 saturated heterocycles. The lowest BCUT2D eigenvalue weighted by Crippen LogP contribution is -2.31. The molecule has 10 nitrogen and oxygen atoms in total. The first kappa shape index (κ1) is 17.7. The summed E-state index contributed by atoms with van der Waals surface area (Å²) in [6, 6.07) is 5.79. The fourth-order valence-electron chi connectivity index (χ4n) is 1.85. The molecule has 0 aliphatic heterocycles. The molecule has 0 aliphatic rings. The molecule has 0 unspecified atom stereocenters. The van der Waals surface area contributed by atoms with Crippen molar-refractivity contribution in [1.82, 2.24) is 15.3 Å². The molecule has 4 amide bonds. The number of nitrogens with two attached hydrogens (primary N) is 1. The minimum atomic E-state index is -0.676. The number of urea groups is 1. The Kier molecular flexibility index (Phi) is 5.82. The average Bonchev–Trinajstić information content (AvgIpc) is 2.55. The highest BCUT2D eigenvalue weighted by Crippen LogP contribution is 2.15. The van der Waals surface area contributed by atoms with E-state index in [1.165, 1.54) is 18.5 Å². The number of H-pyrrole nitrogens is 1. The van der Waals surface area contributed by atoms with Gasteiger partial charge in [-0.15, -0.1) is 0 Å². The second-order valence-electron chi connectivity index (χ2n) is 4.90. The van der Waals surface area contributed by atoms with E-state index in [4.69, 9.17) is 5.73 Å². The van der Waals surface area contributed by atoms with Crippen molar-refractivity contribution >= 4 is 29.2 Å². The van der Waals surface area contributed by atoms with E-state index in [1.807, 2.05) is 0 Å². The third kappa shape index (κ3) is 5.46. The summed E-state index contributed by atoms with van der Waals surface area (Å²) in [7, 11) is 0. The number of aromatic amines is 1. The van der Waals surface area contributed by atoms with Crippen molar-refractivity contribution in [2.24, 2.45) is 5.73 Å². The first-order valence-corrected chi connectivity index (χ1v) is 7.24. The number of nitrogens with one attached hydrogen (secondary N) is 4. The molecule has 1 aromatic heterocycles. The summed E-state index contributed by atoms with van der Waals surface area (Å²) < 4.78 is 0. The number of aromatic nitrogens is 2. The Balaban J connectivity index is 1.98. The molecule has 0 aliphatic carbocycles. The van der Waals surface area contributed by atoms with Crippen LogP contribution in [0.5, 0.6) is 0 Å². The maximum atomic E-state index is 12.0. The highest BCUT2D eigenvalue weighted by Gasteiger charge is 2.12. The molecule has 1 aromatic carbocycles. The fourth-order valence-corrected chi connectivity index (χ4v) is 1.85. The van der Waals surface area contributed by atoms with Crippen LogP contribution in [-0.4, -0.2) is 34.4 Å². The maximum absolute atomic E-state index is 12.0. The number of hydrogen-bond donors (Lipinski definition) is 5. The molecule has 0 atom stereocenters. The largest absolute Gasteiger partial charge is 0.370 e. The standard InChI is InChI=1S/C15H16N6O4/c16-11(22)4-5-19-15(25)21-10-3-1-2-9(8-10)20-14(24)12-13(23)18-7-6-17-12/h1-3,6-8H,4-5H2,(H2,16,22)(H,18,23)(H,20,24)(H2,19,21,25). The second-order valence-corrected chi connectivity index (χ2v) is 4.90. The number of amides is 4. The number of anilines is 2. The Morgan fingerprint density at radius 2 is 1.88 bits per heavy atom. The van der Waals surface area contributed by atoms with Gasteiger partial charge in [-0.3, -0.25) is 14.4 Å². The molecule has 2 aromatic rings. The Morgan fingerprint density at radius 3 is 2.56 bits per heavy atom. The molecule has 6 N–H and O–H groups in total. The number of carbonyl (C=O) groups excluding carboxylic acids is 3. The van der Waals surface area contributed by atoms with E-state index in [-0.39, 0.29) is 18.7 Å². The molecule has 0 spiro atoms. The quantitative estimate of drug-likeness (QED) is 0.499. The predicted octanol–water partition coefficient (Wildman–Crippen LogP) is 0.0191. The van der Waals surface area contributed by atoms with Crippen LogP contribution in [0, 0.1) is 0 Å². The smallest absolute Gasteiger partial charge is 0.319 e. The van der Waals surface area contributed by atoms with E-state index in [9.17, 15) is 19.2 Å². The summed E-state index contributed by atoms with van der Waals surface area (Å²) in [5.74, 6) is -1.19. The Bertz CT molecular complexity index is 848. The lowest BCUT2D eigenvalue weighted by atomic mass is 10.2. The zero-order valence-corrected chi connectivity index (χ0v) is 13.0. The first-order chi connectivity index (χ1) is 12.0. The Labute approximate surface area is 141 Å². The summed E-state index contributed by atoms with van der Waals surface area (Å²) in [6.07, 6.45) is 2.65. The van der Waals surface area contributed by atoms with Crippen molar-refractivity contribution < 1.29 is 14.4 Å². The van der Waals surface area contributed by atoms with Crippen molar-refractivity contribution in [3.8, 4) is 0 Å². The molecule has 0 fully saturated rings. The van der Waals surface area contributed by atoms with Crippen molar-refractivity contribution in [1.29, 1.82) is 0 Å². The van der Waals surface area contributed by atoms with Gasteiger partial charge in [0, 0.05) is 36.7 Å². The third-order valence-electron chi connectivity index (χ3n) is 2.96. The van der Waals surface area contributed by atoms with Crippen LogP contribution in [0.1, 0.15) is 16.9 Å². The highest BCUT2D eigenvalue weighted by molar-refractivity contribution is 6.03. The first-order valence-electron chi connectivity index (χ1n) is 7.24. The molecule has 0 bridgehead atoms. The van der Waals surface area contributed by atoms with Crippen LogP contribution in [-0.2, 0) is 4.79 Å². The van der Waals surface area contributed by atoms with Crippen LogP contribution < -0.4 is 27.2 Å². The molecule has 0 saturated carbocycles. The number of carbonyl (C=O) groups is 3. The molecule has 1 heterocycles. The highest BCUT2D eigenvalue weighted by atomic mass is 16.2. The molecular formula is C15H16N6O4. The number of benzene rings is 1. The van der Waals surface area contributed by atoms with Crippen LogP contribution in [0.25, 0.3) is 0 Å². The normalized spacial score (nSPS) is 9.92. The topological polar surface area (TPSA) is 159 Å². The third-order valence-corrected chi connectivity index (χ3v) is 2.96. The van der Waals surface area contributed by atoms with E-state index in [0.29, 0.717) is 11.4 Å². The van der Waals surface area contributed by atoms with Gasteiger partial charge in [-0.05, 0) is 18.2 Å². The molecule has 25 heavy (non-hydrogen) atoms. The van der Waals surface area contributed by atoms with Crippen molar-refractivity contribution in [3.63, 3.8) is 0 Å². The molecule has 10 heteroatoms. The molecule has 130 valence electrons. The predicted molar refractivity (Wildman–Crippen MR) is 90.1 cm³/mol. The average molecular weight is 344 g/mol. The summed E-state index contributed by atoms with van der Waals surface area (Å²) >= 11 is 0. The van der Waals surface area contributed by atoms with Gasteiger partial charge in [-0.2, -0.15) is 0 Å². The summed E-state index contributed by atoms with van der Waals surface area (Å²) in [6.45, 7) is 0.111. The second kappa shape index (κ2) is 8.24. The zero-order chi connectivity index (χ0) is 18.2. The summed E-state index contributed by atoms with van der Waals surface area (Å²) in [4.78, 5) is 51.9. The lowest BCUT2D eigenvalue weighted by molar-refractivity contribution is -0.117. The summed E-state index contributed by atoms with van der Waals surface area (Å²) in [5.41, 5.74) is 4.87. The number of rotatable bonds is 6. The van der Waals surface area contributed by atoms with Crippen molar-refractivity contribution in [3.05, 3.63) is 52.7 Å². The van der Waals surface area contributed by atoms with E-state index >= 15 is 0 Å². The van der Waals surface area contributed by atoms with Gasteiger partial charge in [0.05, 0.1) is 0 Å². The van der Waals surface area contributed by atoms with Gasteiger partial charge >= 0.3 is 6.03 Å². The minimum Gasteiger partial charge on any atom is -0.370 e. The monoisotopic (exact) mass is 344 g/mol.